The van der Waals surface area contributed by atoms with Gasteiger partial charge in [-0.05, 0) is 20.8 Å². The summed E-state index contributed by atoms with van der Waals surface area (Å²) in [6.45, 7) is 10.4. The summed E-state index contributed by atoms with van der Waals surface area (Å²) in [5.41, 5.74) is -0.241. The van der Waals surface area contributed by atoms with E-state index in [1.165, 1.54) is 0 Å². The molecule has 1 saturated heterocycles. The molecule has 2 N–H and O–H groups in total. The predicted octanol–water partition coefficient (Wildman–Crippen LogP) is 0.259. The third-order valence-corrected chi connectivity index (χ3v) is 3.16. The number of rotatable bonds is 2. The molecule has 0 spiro atoms. The maximum Gasteiger partial charge on any atom is 0.239 e. The number of piperazine rings is 1. The van der Waals surface area contributed by atoms with Crippen molar-refractivity contribution >= 4 is 41.8 Å². The highest BCUT2D eigenvalue weighted by Crippen LogP contribution is 2.02. The van der Waals surface area contributed by atoms with Crippen molar-refractivity contribution in [2.75, 3.05) is 39.8 Å². The largest absolute Gasteiger partial charge is 0.350 e. The Balaban J connectivity index is 0.00000441. The van der Waals surface area contributed by atoms with Gasteiger partial charge in [-0.1, -0.05) is 0 Å². The van der Waals surface area contributed by atoms with E-state index in [1.807, 2.05) is 25.7 Å². The second-order valence-corrected chi connectivity index (χ2v) is 6.19. The number of aliphatic imine (C=N–C) groups is 1. The highest BCUT2D eigenvalue weighted by molar-refractivity contribution is 14.0. The average Bonchev–Trinajstić information content (AvgIpc) is 2.38. The summed E-state index contributed by atoms with van der Waals surface area (Å²) in [5.74, 6) is 0.732. The van der Waals surface area contributed by atoms with Crippen molar-refractivity contribution in [2.45, 2.75) is 33.2 Å². The summed E-state index contributed by atoms with van der Waals surface area (Å²) in [4.78, 5) is 31.2. The molecule has 1 aliphatic rings. The summed E-state index contributed by atoms with van der Waals surface area (Å²) < 4.78 is 0. The van der Waals surface area contributed by atoms with E-state index in [0.29, 0.717) is 19.0 Å². The first-order chi connectivity index (χ1) is 9.73. The number of hydrogen-bond acceptors (Lipinski definition) is 3. The van der Waals surface area contributed by atoms with Crippen LogP contribution in [0.25, 0.3) is 0 Å². The first kappa shape index (κ1) is 20.9. The van der Waals surface area contributed by atoms with Crippen LogP contribution in [0.5, 0.6) is 0 Å². The Bertz CT molecular complexity index is 412. The Labute approximate surface area is 149 Å². The van der Waals surface area contributed by atoms with Gasteiger partial charge in [-0.2, -0.15) is 0 Å². The van der Waals surface area contributed by atoms with E-state index in [-0.39, 0.29) is 47.9 Å². The van der Waals surface area contributed by atoms with Gasteiger partial charge in [0.25, 0.3) is 0 Å². The number of halogens is 1. The van der Waals surface area contributed by atoms with Crippen molar-refractivity contribution < 1.29 is 9.59 Å². The third kappa shape index (κ3) is 7.28. The molecule has 0 atom stereocenters. The van der Waals surface area contributed by atoms with Crippen LogP contribution in [0.4, 0.5) is 0 Å². The Kier molecular flexibility index (Phi) is 8.72. The smallest absolute Gasteiger partial charge is 0.239 e. The molecule has 7 nitrogen and oxygen atoms in total. The van der Waals surface area contributed by atoms with Crippen LogP contribution in [0.15, 0.2) is 4.99 Å². The number of carbonyl (C=O) groups excluding carboxylic acids is 2. The molecule has 128 valence electrons. The van der Waals surface area contributed by atoms with Gasteiger partial charge in [0.2, 0.25) is 11.8 Å². The van der Waals surface area contributed by atoms with Gasteiger partial charge in [-0.15, -0.1) is 24.0 Å². The molecule has 1 heterocycles. The SMILES string of the molecule is CN=C(NCC(=O)NC(C)(C)C)N1CCN(C(C)=O)CC1.I. The summed E-state index contributed by atoms with van der Waals surface area (Å²) in [7, 11) is 1.70. The van der Waals surface area contributed by atoms with Crippen LogP contribution in [0.1, 0.15) is 27.7 Å². The van der Waals surface area contributed by atoms with Crippen molar-refractivity contribution in [3.05, 3.63) is 0 Å². The maximum atomic E-state index is 11.8. The minimum Gasteiger partial charge on any atom is -0.350 e. The average molecular weight is 425 g/mol. The van der Waals surface area contributed by atoms with Gasteiger partial charge < -0.3 is 20.4 Å². The van der Waals surface area contributed by atoms with Crippen LogP contribution < -0.4 is 10.6 Å². The molecule has 1 rings (SSSR count). The topological polar surface area (TPSA) is 77.0 Å². The van der Waals surface area contributed by atoms with Crippen molar-refractivity contribution in [2.24, 2.45) is 4.99 Å². The van der Waals surface area contributed by atoms with Crippen LogP contribution in [0.2, 0.25) is 0 Å². The molecule has 0 bridgehead atoms. The molecule has 0 aromatic carbocycles. The van der Waals surface area contributed by atoms with Crippen LogP contribution in [0.3, 0.4) is 0 Å². The maximum absolute atomic E-state index is 11.8. The fourth-order valence-corrected chi connectivity index (χ4v) is 2.19. The quantitative estimate of drug-likeness (QED) is 0.378. The summed E-state index contributed by atoms with van der Waals surface area (Å²) in [6, 6.07) is 0. The van der Waals surface area contributed by atoms with E-state index in [2.05, 4.69) is 20.5 Å². The van der Waals surface area contributed by atoms with Gasteiger partial charge in [-0.25, -0.2) is 0 Å². The zero-order valence-electron chi connectivity index (χ0n) is 14.1. The summed E-state index contributed by atoms with van der Waals surface area (Å²) in [6.07, 6.45) is 0. The number of nitrogens with zero attached hydrogens (tertiary/aromatic N) is 3. The molecule has 8 heteroatoms. The molecular formula is C14H28IN5O2. The Morgan fingerprint density at radius 3 is 2.00 bits per heavy atom. The molecule has 22 heavy (non-hydrogen) atoms. The minimum atomic E-state index is -0.241. The minimum absolute atomic E-state index is 0. The molecule has 0 saturated carbocycles. The number of carbonyl (C=O) groups is 2. The second-order valence-electron chi connectivity index (χ2n) is 6.19. The standard InChI is InChI=1S/C14H27N5O2.HI/c1-11(20)18-6-8-19(9-7-18)13(15-5)16-10-12(21)17-14(2,3)4;/h6-10H2,1-5H3,(H,15,16)(H,17,21);1H. The van der Waals surface area contributed by atoms with Crippen molar-refractivity contribution in [1.29, 1.82) is 0 Å². The zero-order valence-corrected chi connectivity index (χ0v) is 16.4. The normalized spacial score (nSPS) is 16.0. The molecular weight excluding hydrogens is 397 g/mol. The van der Waals surface area contributed by atoms with Crippen molar-refractivity contribution in [1.82, 2.24) is 20.4 Å². The van der Waals surface area contributed by atoms with E-state index >= 15 is 0 Å². The third-order valence-electron chi connectivity index (χ3n) is 3.16. The number of guanidine groups is 1. The fraction of sp³-hybridized carbons (Fsp3) is 0.786. The lowest BCUT2D eigenvalue weighted by molar-refractivity contribution is -0.130. The van der Waals surface area contributed by atoms with Crippen molar-refractivity contribution in [3.8, 4) is 0 Å². The van der Waals surface area contributed by atoms with Gasteiger partial charge in [0.1, 0.15) is 0 Å². The highest BCUT2D eigenvalue weighted by atomic mass is 127. The van der Waals surface area contributed by atoms with E-state index in [4.69, 9.17) is 0 Å². The van der Waals surface area contributed by atoms with E-state index in [9.17, 15) is 9.59 Å². The highest BCUT2D eigenvalue weighted by Gasteiger charge is 2.21. The molecule has 0 aliphatic carbocycles. The Morgan fingerprint density at radius 1 is 1.09 bits per heavy atom. The van der Waals surface area contributed by atoms with E-state index in [0.717, 1.165) is 13.1 Å². The molecule has 1 aliphatic heterocycles. The van der Waals surface area contributed by atoms with Crippen LogP contribution in [-0.4, -0.2) is 72.9 Å². The molecule has 0 aromatic rings. The Hall–Kier alpha value is -1.06. The zero-order chi connectivity index (χ0) is 16.0. The first-order valence-corrected chi connectivity index (χ1v) is 7.25. The lowest BCUT2D eigenvalue weighted by atomic mass is 10.1. The molecule has 0 aromatic heterocycles. The van der Waals surface area contributed by atoms with Gasteiger partial charge in [0, 0.05) is 45.7 Å². The van der Waals surface area contributed by atoms with Gasteiger partial charge in [0.15, 0.2) is 5.96 Å². The first-order valence-electron chi connectivity index (χ1n) is 7.25. The van der Waals surface area contributed by atoms with E-state index in [1.54, 1.807) is 14.0 Å². The van der Waals surface area contributed by atoms with Crippen molar-refractivity contribution in [3.63, 3.8) is 0 Å². The molecule has 1 fully saturated rings. The molecule has 0 unspecified atom stereocenters. The summed E-state index contributed by atoms with van der Waals surface area (Å²) >= 11 is 0. The summed E-state index contributed by atoms with van der Waals surface area (Å²) in [5, 5.41) is 5.96. The van der Waals surface area contributed by atoms with Crippen LogP contribution in [-0.2, 0) is 9.59 Å². The Morgan fingerprint density at radius 2 is 1.59 bits per heavy atom. The monoisotopic (exact) mass is 425 g/mol. The van der Waals surface area contributed by atoms with Crippen LogP contribution in [0, 0.1) is 0 Å². The lowest BCUT2D eigenvalue weighted by Gasteiger charge is -2.36. The molecule has 0 radical (unpaired) electrons. The van der Waals surface area contributed by atoms with E-state index < -0.39 is 0 Å². The lowest BCUT2D eigenvalue weighted by Crippen LogP contribution is -2.55. The number of amides is 2. The van der Waals surface area contributed by atoms with Crippen LogP contribution >= 0.6 is 24.0 Å². The van der Waals surface area contributed by atoms with Gasteiger partial charge in [-0.3, -0.25) is 14.6 Å². The number of nitrogens with one attached hydrogen (secondary N) is 2. The fourth-order valence-electron chi connectivity index (χ4n) is 2.19. The van der Waals surface area contributed by atoms with Gasteiger partial charge >= 0.3 is 0 Å². The second kappa shape index (κ2) is 9.16. The predicted molar refractivity (Wildman–Crippen MR) is 98.5 cm³/mol. The molecule has 2 amide bonds. The number of hydrogen-bond donors (Lipinski definition) is 2. The van der Waals surface area contributed by atoms with Gasteiger partial charge in [0.05, 0.1) is 6.54 Å².